The lowest BCUT2D eigenvalue weighted by Gasteiger charge is -2.19. The second-order valence-corrected chi connectivity index (χ2v) is 6.63. The third-order valence-corrected chi connectivity index (χ3v) is 3.24. The summed E-state index contributed by atoms with van der Waals surface area (Å²) in [7, 11) is 0. The van der Waals surface area contributed by atoms with Crippen LogP contribution >= 0.6 is 23.2 Å². The van der Waals surface area contributed by atoms with Gasteiger partial charge in [0.2, 0.25) is 5.28 Å². The zero-order chi connectivity index (χ0) is 17.0. The third-order valence-electron chi connectivity index (χ3n) is 2.78. The Bertz CT molecular complexity index is 697. The number of nitrogens with one attached hydrogen (secondary N) is 1. The lowest BCUT2D eigenvalue weighted by atomic mass is 10.1. The Balaban J connectivity index is 2.03. The maximum absolute atomic E-state index is 11.6. The Morgan fingerprint density at radius 2 is 1.87 bits per heavy atom. The quantitative estimate of drug-likeness (QED) is 0.826. The fourth-order valence-corrected chi connectivity index (χ4v) is 2.15. The SMILES string of the molecule is CC(C)(C)OC(=O)NCc1ccc(-c2nc(Cl)ncc2Cl)cc1. The van der Waals surface area contributed by atoms with E-state index in [4.69, 9.17) is 27.9 Å². The Morgan fingerprint density at radius 3 is 2.48 bits per heavy atom. The van der Waals surface area contributed by atoms with E-state index in [1.807, 2.05) is 45.0 Å². The van der Waals surface area contributed by atoms with Crippen molar-refractivity contribution in [1.29, 1.82) is 0 Å². The number of benzene rings is 1. The first-order chi connectivity index (χ1) is 10.7. The van der Waals surface area contributed by atoms with Gasteiger partial charge in [-0.2, -0.15) is 0 Å². The van der Waals surface area contributed by atoms with Crippen LogP contribution in [0.2, 0.25) is 10.3 Å². The van der Waals surface area contributed by atoms with Crippen molar-refractivity contribution in [2.24, 2.45) is 0 Å². The molecule has 0 unspecified atom stereocenters. The number of rotatable bonds is 3. The van der Waals surface area contributed by atoms with Crippen molar-refractivity contribution in [3.63, 3.8) is 0 Å². The van der Waals surface area contributed by atoms with Crippen LogP contribution in [-0.4, -0.2) is 21.7 Å². The summed E-state index contributed by atoms with van der Waals surface area (Å²) in [5, 5.41) is 3.27. The topological polar surface area (TPSA) is 64.1 Å². The van der Waals surface area contributed by atoms with E-state index >= 15 is 0 Å². The predicted molar refractivity (Wildman–Crippen MR) is 90.6 cm³/mol. The Morgan fingerprint density at radius 1 is 1.22 bits per heavy atom. The van der Waals surface area contributed by atoms with Crippen LogP contribution in [0.4, 0.5) is 4.79 Å². The average Bonchev–Trinajstić information content (AvgIpc) is 2.46. The minimum absolute atomic E-state index is 0.139. The molecule has 0 aliphatic rings. The molecule has 1 aromatic carbocycles. The molecule has 2 rings (SSSR count). The number of amides is 1. The molecule has 0 aliphatic carbocycles. The summed E-state index contributed by atoms with van der Waals surface area (Å²) in [4.78, 5) is 19.6. The van der Waals surface area contributed by atoms with E-state index in [1.54, 1.807) is 0 Å². The molecule has 7 heteroatoms. The molecule has 0 bridgehead atoms. The standard InChI is InChI=1S/C16H17Cl2N3O2/c1-16(2,3)23-15(22)20-8-10-4-6-11(7-5-10)13-12(17)9-19-14(18)21-13/h4-7,9H,8H2,1-3H3,(H,20,22). The summed E-state index contributed by atoms with van der Waals surface area (Å²) in [6, 6.07) is 7.46. The number of carbonyl (C=O) groups is 1. The lowest BCUT2D eigenvalue weighted by Crippen LogP contribution is -2.32. The van der Waals surface area contributed by atoms with Gasteiger partial charge in [0, 0.05) is 12.1 Å². The molecule has 0 saturated carbocycles. The monoisotopic (exact) mass is 353 g/mol. The summed E-state index contributed by atoms with van der Waals surface area (Å²) in [5.74, 6) is 0. The fraction of sp³-hybridized carbons (Fsp3) is 0.312. The minimum Gasteiger partial charge on any atom is -0.444 e. The summed E-state index contributed by atoms with van der Waals surface area (Å²) in [5.41, 5.74) is 1.80. The molecule has 0 atom stereocenters. The van der Waals surface area contributed by atoms with Gasteiger partial charge in [-0.1, -0.05) is 35.9 Å². The summed E-state index contributed by atoms with van der Waals surface area (Å²) < 4.78 is 5.18. The Labute approximate surface area is 145 Å². The molecule has 0 saturated heterocycles. The number of aromatic nitrogens is 2. The normalized spacial score (nSPS) is 11.2. The van der Waals surface area contributed by atoms with Crippen LogP contribution in [0.3, 0.4) is 0 Å². The van der Waals surface area contributed by atoms with E-state index in [-0.39, 0.29) is 5.28 Å². The fourth-order valence-electron chi connectivity index (χ4n) is 1.82. The van der Waals surface area contributed by atoms with Crippen LogP contribution in [0, 0.1) is 0 Å². The van der Waals surface area contributed by atoms with Crippen LogP contribution < -0.4 is 5.32 Å². The van der Waals surface area contributed by atoms with Gasteiger partial charge in [-0.05, 0) is 37.9 Å². The zero-order valence-electron chi connectivity index (χ0n) is 13.1. The molecule has 1 aromatic heterocycles. The van der Waals surface area contributed by atoms with Gasteiger partial charge in [-0.3, -0.25) is 0 Å². The van der Waals surface area contributed by atoms with Gasteiger partial charge >= 0.3 is 6.09 Å². The van der Waals surface area contributed by atoms with Gasteiger partial charge in [-0.15, -0.1) is 0 Å². The number of hydrogen-bond donors (Lipinski definition) is 1. The maximum Gasteiger partial charge on any atom is 0.407 e. The number of hydrogen-bond acceptors (Lipinski definition) is 4. The molecule has 5 nitrogen and oxygen atoms in total. The van der Waals surface area contributed by atoms with E-state index < -0.39 is 11.7 Å². The van der Waals surface area contributed by atoms with Crippen molar-refractivity contribution in [3.8, 4) is 11.3 Å². The van der Waals surface area contributed by atoms with E-state index in [1.165, 1.54) is 6.20 Å². The van der Waals surface area contributed by atoms with Crippen LogP contribution in [0.15, 0.2) is 30.5 Å². The summed E-state index contributed by atoms with van der Waals surface area (Å²) >= 11 is 11.9. The van der Waals surface area contributed by atoms with Crippen LogP contribution in [0.1, 0.15) is 26.3 Å². The van der Waals surface area contributed by atoms with Gasteiger partial charge in [-0.25, -0.2) is 14.8 Å². The van der Waals surface area contributed by atoms with Crippen LogP contribution in [0.25, 0.3) is 11.3 Å². The number of carbonyl (C=O) groups excluding carboxylic acids is 1. The van der Waals surface area contributed by atoms with Gasteiger partial charge in [0.15, 0.2) is 0 Å². The number of halogens is 2. The van der Waals surface area contributed by atoms with Gasteiger partial charge in [0.25, 0.3) is 0 Å². The van der Waals surface area contributed by atoms with Crippen molar-refractivity contribution in [2.45, 2.75) is 32.9 Å². The highest BCUT2D eigenvalue weighted by Crippen LogP contribution is 2.26. The largest absolute Gasteiger partial charge is 0.444 e. The molecular weight excluding hydrogens is 337 g/mol. The van der Waals surface area contributed by atoms with E-state index in [0.29, 0.717) is 17.3 Å². The van der Waals surface area contributed by atoms with Crippen molar-refractivity contribution in [2.75, 3.05) is 0 Å². The highest BCUT2D eigenvalue weighted by atomic mass is 35.5. The molecule has 1 N–H and O–H groups in total. The molecule has 0 aliphatic heterocycles. The second kappa shape index (κ2) is 7.15. The number of alkyl carbamates (subject to hydrolysis) is 1. The molecule has 2 aromatic rings. The second-order valence-electron chi connectivity index (χ2n) is 5.89. The van der Waals surface area contributed by atoms with E-state index in [2.05, 4.69) is 15.3 Å². The average molecular weight is 354 g/mol. The predicted octanol–water partition coefficient (Wildman–Crippen LogP) is 4.48. The number of ether oxygens (including phenoxy) is 1. The molecule has 1 heterocycles. The van der Waals surface area contributed by atoms with E-state index in [0.717, 1.165) is 11.1 Å². The van der Waals surface area contributed by atoms with Crippen molar-refractivity contribution >= 4 is 29.3 Å². The van der Waals surface area contributed by atoms with Gasteiger partial charge in [0.1, 0.15) is 5.60 Å². The molecule has 0 spiro atoms. The first-order valence-electron chi connectivity index (χ1n) is 6.99. The van der Waals surface area contributed by atoms with E-state index in [9.17, 15) is 4.79 Å². The minimum atomic E-state index is -0.517. The van der Waals surface area contributed by atoms with Crippen molar-refractivity contribution in [1.82, 2.24) is 15.3 Å². The summed E-state index contributed by atoms with van der Waals surface area (Å²) in [6.45, 7) is 5.82. The highest BCUT2D eigenvalue weighted by molar-refractivity contribution is 6.33. The Kier molecular flexibility index (Phi) is 5.44. The third kappa shape index (κ3) is 5.37. The Hall–Kier alpha value is -1.85. The highest BCUT2D eigenvalue weighted by Gasteiger charge is 2.15. The molecule has 1 amide bonds. The summed E-state index contributed by atoms with van der Waals surface area (Å²) in [6.07, 6.45) is 1.01. The first kappa shape index (κ1) is 17.5. The molecule has 122 valence electrons. The maximum atomic E-state index is 11.6. The van der Waals surface area contributed by atoms with Crippen LogP contribution in [0.5, 0.6) is 0 Å². The molecule has 0 fully saturated rings. The van der Waals surface area contributed by atoms with Gasteiger partial charge in [0.05, 0.1) is 16.9 Å². The molecule has 0 radical (unpaired) electrons. The van der Waals surface area contributed by atoms with Gasteiger partial charge < -0.3 is 10.1 Å². The lowest BCUT2D eigenvalue weighted by molar-refractivity contribution is 0.0523. The van der Waals surface area contributed by atoms with Crippen molar-refractivity contribution < 1.29 is 9.53 Å². The molecular formula is C16H17Cl2N3O2. The number of nitrogens with zero attached hydrogens (tertiary/aromatic N) is 2. The molecule has 23 heavy (non-hydrogen) atoms. The first-order valence-corrected chi connectivity index (χ1v) is 7.74. The zero-order valence-corrected chi connectivity index (χ0v) is 14.6. The van der Waals surface area contributed by atoms with Crippen molar-refractivity contribution in [3.05, 3.63) is 46.3 Å². The van der Waals surface area contributed by atoms with Crippen LogP contribution in [-0.2, 0) is 11.3 Å². The smallest absolute Gasteiger partial charge is 0.407 e.